The molecule has 12 heavy (non-hydrogen) atoms. The van der Waals surface area contributed by atoms with Gasteiger partial charge in [0.1, 0.15) is 0 Å². The van der Waals surface area contributed by atoms with Gasteiger partial charge in [0.15, 0.2) is 0 Å². The van der Waals surface area contributed by atoms with Gasteiger partial charge >= 0.3 is 0 Å². The van der Waals surface area contributed by atoms with E-state index in [0.29, 0.717) is 0 Å². The summed E-state index contributed by atoms with van der Waals surface area (Å²) in [5.74, 6) is 0. The highest BCUT2D eigenvalue weighted by Gasteiger charge is 1.95. The van der Waals surface area contributed by atoms with E-state index >= 15 is 0 Å². The normalized spacial score (nSPS) is 10.1. The summed E-state index contributed by atoms with van der Waals surface area (Å²) < 4.78 is 0. The average Bonchev–Trinajstić information content (AvgIpc) is 2.58. The van der Waals surface area contributed by atoms with Crippen LogP contribution in [0.15, 0.2) is 30.6 Å². The van der Waals surface area contributed by atoms with Crippen LogP contribution in [0, 0.1) is 13.0 Å². The lowest BCUT2D eigenvalue weighted by Gasteiger charge is -1.97. The Kier molecular flexibility index (Phi) is 1.63. The molecular weight excluding hydrogens is 150 g/mol. The van der Waals surface area contributed by atoms with Gasteiger partial charge in [-0.3, -0.25) is 0 Å². The standard InChI is InChI=1S/C9H8N3/c1-8-2-4-9(5-3-8)12-10-6-7-11-12/h2-4,6-7H,1H3. The van der Waals surface area contributed by atoms with Gasteiger partial charge in [0, 0.05) is 6.07 Å². The minimum absolute atomic E-state index is 0.866. The molecule has 3 nitrogen and oxygen atoms in total. The maximum Gasteiger partial charge on any atom is 0.0935 e. The van der Waals surface area contributed by atoms with E-state index in [-0.39, 0.29) is 0 Å². The maximum atomic E-state index is 3.99. The van der Waals surface area contributed by atoms with E-state index in [1.807, 2.05) is 25.1 Å². The molecule has 2 rings (SSSR count). The Hall–Kier alpha value is -1.64. The number of aryl methyl sites for hydroxylation is 1. The Bertz CT molecular complexity index is 348. The molecule has 0 saturated heterocycles. The van der Waals surface area contributed by atoms with E-state index in [1.54, 1.807) is 17.2 Å². The summed E-state index contributed by atoms with van der Waals surface area (Å²) in [6.45, 7) is 2.02. The second-order valence-electron chi connectivity index (χ2n) is 2.57. The molecule has 1 aromatic carbocycles. The lowest BCUT2D eigenvalue weighted by molar-refractivity contribution is 0.751. The van der Waals surface area contributed by atoms with Gasteiger partial charge < -0.3 is 0 Å². The molecule has 59 valence electrons. The zero-order valence-electron chi connectivity index (χ0n) is 6.73. The quantitative estimate of drug-likeness (QED) is 0.627. The summed E-state index contributed by atoms with van der Waals surface area (Å²) in [5.41, 5.74) is 2.05. The van der Waals surface area contributed by atoms with Gasteiger partial charge in [0.25, 0.3) is 0 Å². The minimum Gasteiger partial charge on any atom is -0.157 e. The Labute approximate surface area is 70.6 Å². The monoisotopic (exact) mass is 158 g/mol. The first-order valence-electron chi connectivity index (χ1n) is 3.71. The highest BCUT2D eigenvalue weighted by molar-refractivity contribution is 5.30. The van der Waals surface area contributed by atoms with Crippen LogP contribution in [0.4, 0.5) is 0 Å². The summed E-state index contributed by atoms with van der Waals surface area (Å²) in [5, 5.41) is 7.98. The molecule has 1 aromatic heterocycles. The van der Waals surface area contributed by atoms with Gasteiger partial charge in [-0.15, -0.1) is 0 Å². The molecule has 0 bridgehead atoms. The predicted octanol–water partition coefficient (Wildman–Crippen LogP) is 1.38. The van der Waals surface area contributed by atoms with Crippen LogP contribution in [0.3, 0.4) is 0 Å². The summed E-state index contributed by atoms with van der Waals surface area (Å²) >= 11 is 0. The Balaban J connectivity index is 2.43. The molecule has 1 heterocycles. The summed E-state index contributed by atoms with van der Waals surface area (Å²) in [6, 6.07) is 8.94. The Morgan fingerprint density at radius 2 is 2.00 bits per heavy atom. The largest absolute Gasteiger partial charge is 0.157 e. The molecule has 1 radical (unpaired) electrons. The fourth-order valence-electron chi connectivity index (χ4n) is 0.959. The number of rotatable bonds is 1. The Morgan fingerprint density at radius 3 is 2.58 bits per heavy atom. The van der Waals surface area contributed by atoms with E-state index in [4.69, 9.17) is 0 Å². The molecule has 3 heteroatoms. The second kappa shape index (κ2) is 2.77. The minimum atomic E-state index is 0.866. The number of benzene rings is 1. The van der Waals surface area contributed by atoms with Gasteiger partial charge in [-0.05, 0) is 19.1 Å². The third-order valence-corrected chi connectivity index (χ3v) is 1.59. The van der Waals surface area contributed by atoms with E-state index in [0.717, 1.165) is 5.69 Å². The lowest BCUT2D eigenvalue weighted by atomic mass is 10.2. The van der Waals surface area contributed by atoms with E-state index in [1.165, 1.54) is 5.56 Å². The van der Waals surface area contributed by atoms with Crippen LogP contribution in [-0.2, 0) is 0 Å². The van der Waals surface area contributed by atoms with Crippen molar-refractivity contribution < 1.29 is 0 Å². The zero-order chi connectivity index (χ0) is 8.39. The third kappa shape index (κ3) is 1.21. The molecule has 0 unspecified atom stereocenters. The lowest BCUT2D eigenvalue weighted by Crippen LogP contribution is -1.97. The predicted molar refractivity (Wildman–Crippen MR) is 44.9 cm³/mol. The molecule has 0 N–H and O–H groups in total. The van der Waals surface area contributed by atoms with Crippen molar-refractivity contribution >= 4 is 0 Å². The van der Waals surface area contributed by atoms with Crippen molar-refractivity contribution in [2.24, 2.45) is 0 Å². The van der Waals surface area contributed by atoms with E-state index in [2.05, 4.69) is 16.3 Å². The average molecular weight is 158 g/mol. The molecule has 0 aliphatic carbocycles. The van der Waals surface area contributed by atoms with Crippen molar-refractivity contribution in [1.82, 2.24) is 15.0 Å². The number of hydrogen-bond donors (Lipinski definition) is 0. The van der Waals surface area contributed by atoms with Crippen molar-refractivity contribution in [2.75, 3.05) is 0 Å². The second-order valence-corrected chi connectivity index (χ2v) is 2.57. The van der Waals surface area contributed by atoms with Crippen LogP contribution >= 0.6 is 0 Å². The SMILES string of the molecule is Cc1c[c]c(-n2nccn2)cc1. The molecule has 0 fully saturated rings. The van der Waals surface area contributed by atoms with E-state index in [9.17, 15) is 0 Å². The van der Waals surface area contributed by atoms with Crippen LogP contribution in [0.1, 0.15) is 5.56 Å². The first-order chi connectivity index (χ1) is 5.86. The number of aromatic nitrogens is 3. The molecule has 0 atom stereocenters. The molecule has 2 aromatic rings. The van der Waals surface area contributed by atoms with Gasteiger partial charge in [0.2, 0.25) is 0 Å². The van der Waals surface area contributed by atoms with Gasteiger partial charge in [-0.25, -0.2) is 0 Å². The zero-order valence-corrected chi connectivity index (χ0v) is 6.73. The van der Waals surface area contributed by atoms with Gasteiger partial charge in [-0.2, -0.15) is 15.0 Å². The summed E-state index contributed by atoms with van der Waals surface area (Å²) in [6.07, 6.45) is 3.29. The van der Waals surface area contributed by atoms with Crippen molar-refractivity contribution in [3.63, 3.8) is 0 Å². The third-order valence-electron chi connectivity index (χ3n) is 1.59. The van der Waals surface area contributed by atoms with Crippen molar-refractivity contribution in [3.05, 3.63) is 42.2 Å². The fraction of sp³-hybridized carbons (Fsp3) is 0.111. The van der Waals surface area contributed by atoms with Gasteiger partial charge in [0.05, 0.1) is 18.1 Å². The smallest absolute Gasteiger partial charge is 0.0935 e. The molecule has 0 aliphatic rings. The van der Waals surface area contributed by atoms with Gasteiger partial charge in [-0.1, -0.05) is 11.6 Å². The molecular formula is C9H8N3. The first-order valence-corrected chi connectivity index (χ1v) is 3.71. The fourth-order valence-corrected chi connectivity index (χ4v) is 0.959. The van der Waals surface area contributed by atoms with Crippen LogP contribution in [0.25, 0.3) is 5.69 Å². The molecule has 0 saturated carbocycles. The maximum absolute atomic E-state index is 3.99. The Morgan fingerprint density at radius 1 is 1.25 bits per heavy atom. The number of nitrogens with zero attached hydrogens (tertiary/aromatic N) is 3. The van der Waals surface area contributed by atoms with E-state index < -0.39 is 0 Å². The van der Waals surface area contributed by atoms with Crippen molar-refractivity contribution in [2.45, 2.75) is 6.92 Å². The number of hydrogen-bond acceptors (Lipinski definition) is 2. The van der Waals surface area contributed by atoms with Crippen molar-refractivity contribution in [3.8, 4) is 5.69 Å². The first kappa shape index (κ1) is 7.03. The highest BCUT2D eigenvalue weighted by Crippen LogP contribution is 2.04. The summed E-state index contributed by atoms with van der Waals surface area (Å²) in [7, 11) is 0. The molecule has 0 aliphatic heterocycles. The van der Waals surface area contributed by atoms with Crippen LogP contribution in [0.2, 0.25) is 0 Å². The molecule has 0 amide bonds. The van der Waals surface area contributed by atoms with Crippen LogP contribution in [0.5, 0.6) is 0 Å². The highest BCUT2D eigenvalue weighted by atomic mass is 15.5. The van der Waals surface area contributed by atoms with Crippen molar-refractivity contribution in [1.29, 1.82) is 0 Å². The van der Waals surface area contributed by atoms with Crippen LogP contribution in [-0.4, -0.2) is 15.0 Å². The van der Waals surface area contributed by atoms with Crippen LogP contribution < -0.4 is 0 Å². The molecule has 0 spiro atoms. The topological polar surface area (TPSA) is 30.7 Å². The summed E-state index contributed by atoms with van der Waals surface area (Å²) in [4.78, 5) is 1.54.